The number of aromatic nitrogens is 2. The predicted octanol–water partition coefficient (Wildman–Crippen LogP) is 2.15. The van der Waals surface area contributed by atoms with Gasteiger partial charge in [0.25, 0.3) is 0 Å². The molecule has 80 valence electrons. The van der Waals surface area contributed by atoms with E-state index in [1.54, 1.807) is 24.5 Å². The smallest absolute Gasteiger partial charge is 0.159 e. The van der Waals surface area contributed by atoms with Crippen LogP contribution < -0.4 is 0 Å². The SMILES string of the molecule is OC/C=C/c1cccc(-c2ncccn2)c1. The standard InChI is InChI=1S/C13H12N2O/c16-9-2-5-11-4-1-6-12(10-11)13-14-7-3-8-15-13/h1-8,10,16H,9H2/b5-2+. The van der Waals surface area contributed by atoms with Gasteiger partial charge in [0.2, 0.25) is 0 Å². The van der Waals surface area contributed by atoms with Gasteiger partial charge in [0.05, 0.1) is 6.61 Å². The molecule has 0 saturated carbocycles. The second-order valence-electron chi connectivity index (χ2n) is 3.28. The number of hydrogen-bond acceptors (Lipinski definition) is 3. The van der Waals surface area contributed by atoms with Crippen molar-refractivity contribution in [2.24, 2.45) is 0 Å². The Morgan fingerprint density at radius 3 is 2.69 bits per heavy atom. The fourth-order valence-corrected chi connectivity index (χ4v) is 1.42. The lowest BCUT2D eigenvalue weighted by Crippen LogP contribution is -1.86. The minimum absolute atomic E-state index is 0.0477. The first-order valence-electron chi connectivity index (χ1n) is 5.05. The third-order valence-electron chi connectivity index (χ3n) is 2.13. The van der Waals surface area contributed by atoms with Gasteiger partial charge in [-0.05, 0) is 17.7 Å². The Bertz CT molecular complexity index is 480. The molecule has 1 heterocycles. The molecule has 1 aromatic carbocycles. The van der Waals surface area contributed by atoms with Crippen LogP contribution in [0.4, 0.5) is 0 Å². The van der Waals surface area contributed by atoms with E-state index in [1.165, 1.54) is 0 Å². The van der Waals surface area contributed by atoms with Crippen LogP contribution in [0.5, 0.6) is 0 Å². The van der Waals surface area contributed by atoms with E-state index in [4.69, 9.17) is 5.11 Å². The van der Waals surface area contributed by atoms with Gasteiger partial charge in [0.15, 0.2) is 5.82 Å². The van der Waals surface area contributed by atoms with Crippen molar-refractivity contribution in [1.82, 2.24) is 9.97 Å². The molecule has 0 fully saturated rings. The lowest BCUT2D eigenvalue weighted by molar-refractivity contribution is 0.343. The summed E-state index contributed by atoms with van der Waals surface area (Å²) < 4.78 is 0. The largest absolute Gasteiger partial charge is 0.392 e. The first-order valence-corrected chi connectivity index (χ1v) is 5.05. The van der Waals surface area contributed by atoms with Gasteiger partial charge in [-0.1, -0.05) is 30.4 Å². The summed E-state index contributed by atoms with van der Waals surface area (Å²) in [5.74, 6) is 0.710. The maximum atomic E-state index is 8.70. The Hall–Kier alpha value is -2.00. The van der Waals surface area contributed by atoms with Gasteiger partial charge < -0.3 is 5.11 Å². The zero-order chi connectivity index (χ0) is 11.2. The molecule has 1 N–H and O–H groups in total. The topological polar surface area (TPSA) is 46.0 Å². The van der Waals surface area contributed by atoms with Crippen LogP contribution in [0.2, 0.25) is 0 Å². The van der Waals surface area contributed by atoms with Gasteiger partial charge in [-0.15, -0.1) is 0 Å². The van der Waals surface area contributed by atoms with Crippen LogP contribution in [-0.2, 0) is 0 Å². The van der Waals surface area contributed by atoms with Crippen molar-refractivity contribution in [3.05, 3.63) is 54.4 Å². The Morgan fingerprint density at radius 1 is 1.12 bits per heavy atom. The molecule has 0 spiro atoms. The normalized spacial score (nSPS) is 10.8. The van der Waals surface area contributed by atoms with E-state index in [1.807, 2.05) is 30.3 Å². The minimum Gasteiger partial charge on any atom is -0.392 e. The fourth-order valence-electron chi connectivity index (χ4n) is 1.42. The Balaban J connectivity index is 2.33. The highest BCUT2D eigenvalue weighted by Crippen LogP contribution is 2.16. The summed E-state index contributed by atoms with van der Waals surface area (Å²) in [6, 6.07) is 9.66. The minimum atomic E-state index is 0.0477. The molecule has 0 unspecified atom stereocenters. The van der Waals surface area contributed by atoms with Crippen molar-refractivity contribution in [2.75, 3.05) is 6.61 Å². The molecule has 0 amide bonds. The van der Waals surface area contributed by atoms with Gasteiger partial charge in [0.1, 0.15) is 0 Å². The molecule has 0 atom stereocenters. The number of aliphatic hydroxyl groups excluding tert-OH is 1. The number of aliphatic hydroxyl groups is 1. The summed E-state index contributed by atoms with van der Waals surface area (Å²) in [7, 11) is 0. The van der Waals surface area contributed by atoms with Crippen LogP contribution in [0.1, 0.15) is 5.56 Å². The van der Waals surface area contributed by atoms with Crippen molar-refractivity contribution in [2.45, 2.75) is 0 Å². The van der Waals surface area contributed by atoms with Crippen LogP contribution in [0.15, 0.2) is 48.8 Å². The Kier molecular flexibility index (Phi) is 3.41. The van der Waals surface area contributed by atoms with Gasteiger partial charge in [0, 0.05) is 18.0 Å². The lowest BCUT2D eigenvalue weighted by atomic mass is 10.1. The van der Waals surface area contributed by atoms with E-state index in [2.05, 4.69) is 9.97 Å². The third kappa shape index (κ3) is 2.52. The summed E-state index contributed by atoms with van der Waals surface area (Å²) in [5.41, 5.74) is 2.00. The van der Waals surface area contributed by atoms with Crippen molar-refractivity contribution in [3.8, 4) is 11.4 Å². The first kappa shape index (κ1) is 10.5. The molecule has 0 saturated heterocycles. The van der Waals surface area contributed by atoms with Gasteiger partial charge in [-0.2, -0.15) is 0 Å². The van der Waals surface area contributed by atoms with Crippen LogP contribution in [0, 0.1) is 0 Å². The summed E-state index contributed by atoms with van der Waals surface area (Å²) in [5, 5.41) is 8.70. The quantitative estimate of drug-likeness (QED) is 0.847. The maximum Gasteiger partial charge on any atom is 0.159 e. The van der Waals surface area contributed by atoms with E-state index in [9.17, 15) is 0 Å². The highest BCUT2D eigenvalue weighted by Gasteiger charge is 1.99. The molecular weight excluding hydrogens is 200 g/mol. The molecule has 1 aromatic heterocycles. The average molecular weight is 212 g/mol. The summed E-state index contributed by atoms with van der Waals surface area (Å²) >= 11 is 0. The average Bonchev–Trinajstić information content (AvgIpc) is 2.38. The molecule has 2 aromatic rings. The number of hydrogen-bond donors (Lipinski definition) is 1. The molecule has 0 aliphatic rings. The van der Waals surface area contributed by atoms with Crippen molar-refractivity contribution < 1.29 is 5.11 Å². The highest BCUT2D eigenvalue weighted by molar-refractivity contribution is 5.61. The molecule has 0 aliphatic heterocycles. The zero-order valence-electron chi connectivity index (χ0n) is 8.74. The number of rotatable bonds is 3. The maximum absolute atomic E-state index is 8.70. The number of benzene rings is 1. The molecule has 16 heavy (non-hydrogen) atoms. The van der Waals surface area contributed by atoms with Crippen molar-refractivity contribution >= 4 is 6.08 Å². The van der Waals surface area contributed by atoms with Crippen LogP contribution in [0.25, 0.3) is 17.5 Å². The third-order valence-corrected chi connectivity index (χ3v) is 2.13. The van der Waals surface area contributed by atoms with E-state index in [0.717, 1.165) is 11.1 Å². The second kappa shape index (κ2) is 5.19. The molecule has 0 aliphatic carbocycles. The van der Waals surface area contributed by atoms with E-state index < -0.39 is 0 Å². The van der Waals surface area contributed by atoms with E-state index >= 15 is 0 Å². The molecule has 2 rings (SSSR count). The van der Waals surface area contributed by atoms with E-state index in [0.29, 0.717) is 5.82 Å². The summed E-state index contributed by atoms with van der Waals surface area (Å²) in [6.07, 6.45) is 7.01. The van der Waals surface area contributed by atoms with Crippen molar-refractivity contribution in [3.63, 3.8) is 0 Å². The highest BCUT2D eigenvalue weighted by atomic mass is 16.2. The molecule has 3 heteroatoms. The van der Waals surface area contributed by atoms with E-state index in [-0.39, 0.29) is 6.61 Å². The first-order chi connectivity index (χ1) is 7.90. The Morgan fingerprint density at radius 2 is 1.94 bits per heavy atom. The van der Waals surface area contributed by atoms with Gasteiger partial charge >= 0.3 is 0 Å². The summed E-state index contributed by atoms with van der Waals surface area (Å²) in [4.78, 5) is 8.37. The predicted molar refractivity (Wildman–Crippen MR) is 63.6 cm³/mol. The van der Waals surface area contributed by atoms with Crippen LogP contribution in [-0.4, -0.2) is 21.7 Å². The second-order valence-corrected chi connectivity index (χ2v) is 3.28. The van der Waals surface area contributed by atoms with Crippen LogP contribution >= 0.6 is 0 Å². The molecule has 0 radical (unpaired) electrons. The lowest BCUT2D eigenvalue weighted by Gasteiger charge is -2.00. The van der Waals surface area contributed by atoms with Crippen LogP contribution in [0.3, 0.4) is 0 Å². The fraction of sp³-hybridized carbons (Fsp3) is 0.0769. The van der Waals surface area contributed by atoms with Gasteiger partial charge in [-0.25, -0.2) is 9.97 Å². The Labute approximate surface area is 94.1 Å². The zero-order valence-corrected chi connectivity index (χ0v) is 8.74. The molecular formula is C13H12N2O. The van der Waals surface area contributed by atoms with Crippen molar-refractivity contribution in [1.29, 1.82) is 0 Å². The molecule has 3 nitrogen and oxygen atoms in total. The monoisotopic (exact) mass is 212 g/mol. The number of nitrogens with zero attached hydrogens (tertiary/aromatic N) is 2. The summed E-state index contributed by atoms with van der Waals surface area (Å²) in [6.45, 7) is 0.0477. The molecule has 0 bridgehead atoms. The van der Waals surface area contributed by atoms with Gasteiger partial charge in [-0.3, -0.25) is 0 Å².